The van der Waals surface area contributed by atoms with E-state index < -0.39 is 0 Å². The van der Waals surface area contributed by atoms with Crippen LogP contribution in [-0.2, 0) is 0 Å². The van der Waals surface area contributed by atoms with Crippen molar-refractivity contribution in [3.8, 4) is 5.88 Å². The standard InChI is InChI=1S/C13H21BrN4O/c1-19-12-11(14)9-16-13(17-12)18(8-4-7-15)10-5-2-3-6-10/h9-10H,2-8,15H2,1H3. The third-order valence-corrected chi connectivity index (χ3v) is 4.06. The molecule has 1 aromatic rings. The number of hydrogen-bond donors (Lipinski definition) is 1. The summed E-state index contributed by atoms with van der Waals surface area (Å²) in [6.45, 7) is 1.60. The average molecular weight is 329 g/mol. The van der Waals surface area contributed by atoms with Crippen LogP contribution >= 0.6 is 15.9 Å². The van der Waals surface area contributed by atoms with E-state index in [4.69, 9.17) is 10.5 Å². The van der Waals surface area contributed by atoms with Crippen molar-refractivity contribution in [3.05, 3.63) is 10.7 Å². The maximum Gasteiger partial charge on any atom is 0.232 e. The molecule has 2 rings (SSSR count). The van der Waals surface area contributed by atoms with Gasteiger partial charge >= 0.3 is 0 Å². The van der Waals surface area contributed by atoms with Crippen molar-refractivity contribution < 1.29 is 4.74 Å². The second-order valence-corrected chi connectivity index (χ2v) is 5.66. The fourth-order valence-corrected chi connectivity index (χ4v) is 2.90. The number of halogens is 1. The molecule has 0 saturated heterocycles. The first-order valence-corrected chi connectivity index (χ1v) is 7.58. The van der Waals surface area contributed by atoms with Crippen LogP contribution < -0.4 is 15.4 Å². The average Bonchev–Trinajstić information content (AvgIpc) is 2.95. The number of hydrogen-bond acceptors (Lipinski definition) is 5. The molecule has 0 unspecified atom stereocenters. The number of anilines is 1. The normalized spacial score (nSPS) is 15.7. The van der Waals surface area contributed by atoms with Crippen LogP contribution in [0.2, 0.25) is 0 Å². The number of nitrogens with zero attached hydrogens (tertiary/aromatic N) is 3. The van der Waals surface area contributed by atoms with E-state index in [-0.39, 0.29) is 0 Å². The minimum absolute atomic E-state index is 0.539. The molecule has 1 heterocycles. The number of nitrogens with two attached hydrogens (primary N) is 1. The predicted molar refractivity (Wildman–Crippen MR) is 79.6 cm³/mol. The quantitative estimate of drug-likeness (QED) is 0.868. The van der Waals surface area contributed by atoms with Gasteiger partial charge in [0.2, 0.25) is 11.8 Å². The van der Waals surface area contributed by atoms with Crippen LogP contribution in [0.3, 0.4) is 0 Å². The molecule has 0 spiro atoms. The topological polar surface area (TPSA) is 64.3 Å². The molecule has 5 nitrogen and oxygen atoms in total. The Kier molecular flexibility index (Phi) is 5.39. The van der Waals surface area contributed by atoms with Gasteiger partial charge in [-0.3, -0.25) is 0 Å². The van der Waals surface area contributed by atoms with Gasteiger partial charge in [-0.1, -0.05) is 12.8 Å². The van der Waals surface area contributed by atoms with E-state index in [2.05, 4.69) is 30.8 Å². The molecule has 1 saturated carbocycles. The number of methoxy groups -OCH3 is 1. The summed E-state index contributed by atoms with van der Waals surface area (Å²) in [5.74, 6) is 1.33. The van der Waals surface area contributed by atoms with Crippen LogP contribution in [0.25, 0.3) is 0 Å². The smallest absolute Gasteiger partial charge is 0.232 e. The fourth-order valence-electron chi connectivity index (χ4n) is 2.55. The van der Waals surface area contributed by atoms with Gasteiger partial charge in [-0.25, -0.2) is 4.98 Å². The summed E-state index contributed by atoms with van der Waals surface area (Å²) in [7, 11) is 1.62. The predicted octanol–water partition coefficient (Wildman–Crippen LogP) is 2.35. The van der Waals surface area contributed by atoms with E-state index in [1.54, 1.807) is 13.3 Å². The number of rotatable bonds is 6. The Balaban J connectivity index is 2.20. The maximum absolute atomic E-state index is 5.63. The van der Waals surface area contributed by atoms with E-state index in [0.29, 0.717) is 18.5 Å². The lowest BCUT2D eigenvalue weighted by atomic mass is 10.2. The molecule has 0 bridgehead atoms. The van der Waals surface area contributed by atoms with Gasteiger partial charge in [-0.05, 0) is 41.7 Å². The van der Waals surface area contributed by atoms with Gasteiger partial charge in [0.05, 0.1) is 17.8 Å². The van der Waals surface area contributed by atoms with Crippen LogP contribution in [0.1, 0.15) is 32.1 Å². The van der Waals surface area contributed by atoms with Gasteiger partial charge in [-0.2, -0.15) is 4.98 Å². The molecular formula is C13H21BrN4O. The lowest BCUT2D eigenvalue weighted by Gasteiger charge is -2.29. The monoisotopic (exact) mass is 328 g/mol. The van der Waals surface area contributed by atoms with Crippen LogP contribution in [0.5, 0.6) is 5.88 Å². The van der Waals surface area contributed by atoms with Crippen molar-refractivity contribution in [1.29, 1.82) is 0 Å². The van der Waals surface area contributed by atoms with Gasteiger partial charge in [0.15, 0.2) is 0 Å². The van der Waals surface area contributed by atoms with Crippen LogP contribution in [0.15, 0.2) is 10.7 Å². The van der Waals surface area contributed by atoms with Gasteiger partial charge < -0.3 is 15.4 Å². The van der Waals surface area contributed by atoms with Crippen molar-refractivity contribution in [1.82, 2.24) is 9.97 Å². The summed E-state index contributed by atoms with van der Waals surface area (Å²) < 4.78 is 6.04. The Labute approximate surface area is 122 Å². The highest BCUT2D eigenvalue weighted by Crippen LogP contribution is 2.29. The second kappa shape index (κ2) is 7.05. The van der Waals surface area contributed by atoms with Crippen molar-refractivity contribution >= 4 is 21.9 Å². The van der Waals surface area contributed by atoms with Crippen molar-refractivity contribution in [2.24, 2.45) is 5.73 Å². The SMILES string of the molecule is COc1nc(N(CCCN)C2CCCC2)ncc1Br. The molecule has 1 aliphatic rings. The molecule has 0 radical (unpaired) electrons. The largest absolute Gasteiger partial charge is 0.480 e. The first-order chi connectivity index (χ1) is 9.26. The Hall–Kier alpha value is -0.880. The minimum Gasteiger partial charge on any atom is -0.480 e. The van der Waals surface area contributed by atoms with Gasteiger partial charge in [0, 0.05) is 12.6 Å². The van der Waals surface area contributed by atoms with E-state index in [1.165, 1.54) is 25.7 Å². The van der Waals surface area contributed by atoms with Crippen LogP contribution in [0.4, 0.5) is 5.95 Å². The molecule has 0 atom stereocenters. The Morgan fingerprint density at radius 1 is 1.47 bits per heavy atom. The molecule has 1 fully saturated rings. The van der Waals surface area contributed by atoms with Crippen molar-refractivity contribution in [2.75, 3.05) is 25.1 Å². The highest BCUT2D eigenvalue weighted by Gasteiger charge is 2.24. The highest BCUT2D eigenvalue weighted by molar-refractivity contribution is 9.10. The van der Waals surface area contributed by atoms with E-state index in [9.17, 15) is 0 Å². The molecule has 1 aromatic heterocycles. The Bertz CT molecular complexity index is 410. The summed E-state index contributed by atoms with van der Waals surface area (Å²) in [4.78, 5) is 11.2. The fraction of sp³-hybridized carbons (Fsp3) is 0.692. The Morgan fingerprint density at radius 3 is 2.84 bits per heavy atom. The zero-order valence-corrected chi connectivity index (χ0v) is 12.9. The molecule has 0 aliphatic heterocycles. The third kappa shape index (κ3) is 3.57. The van der Waals surface area contributed by atoms with Crippen LogP contribution in [0, 0.1) is 0 Å². The summed E-state index contributed by atoms with van der Waals surface area (Å²) >= 11 is 3.39. The van der Waals surface area contributed by atoms with Crippen molar-refractivity contribution in [3.63, 3.8) is 0 Å². The molecule has 0 aromatic carbocycles. The van der Waals surface area contributed by atoms with E-state index in [1.807, 2.05) is 0 Å². The molecule has 1 aliphatic carbocycles. The summed E-state index contributed by atoms with van der Waals surface area (Å²) in [5, 5.41) is 0. The highest BCUT2D eigenvalue weighted by atomic mass is 79.9. The molecule has 0 amide bonds. The molecular weight excluding hydrogens is 308 g/mol. The van der Waals surface area contributed by atoms with Gasteiger partial charge in [0.25, 0.3) is 0 Å². The molecule has 106 valence electrons. The lowest BCUT2D eigenvalue weighted by Crippen LogP contribution is -2.36. The van der Waals surface area contributed by atoms with Gasteiger partial charge in [0.1, 0.15) is 0 Å². The summed E-state index contributed by atoms with van der Waals surface area (Å²) in [5.41, 5.74) is 5.63. The first kappa shape index (κ1) is 14.5. The second-order valence-electron chi connectivity index (χ2n) is 4.80. The van der Waals surface area contributed by atoms with Gasteiger partial charge in [-0.15, -0.1) is 0 Å². The van der Waals surface area contributed by atoms with Crippen molar-refractivity contribution in [2.45, 2.75) is 38.1 Å². The maximum atomic E-state index is 5.63. The minimum atomic E-state index is 0.539. The third-order valence-electron chi connectivity index (χ3n) is 3.52. The number of ether oxygens (including phenoxy) is 1. The molecule has 2 N–H and O–H groups in total. The molecule has 6 heteroatoms. The summed E-state index contributed by atoms with van der Waals surface area (Å²) in [6.07, 6.45) is 7.72. The summed E-state index contributed by atoms with van der Waals surface area (Å²) in [6, 6.07) is 0.539. The number of aromatic nitrogens is 2. The lowest BCUT2D eigenvalue weighted by molar-refractivity contribution is 0.393. The zero-order valence-electron chi connectivity index (χ0n) is 11.3. The zero-order chi connectivity index (χ0) is 13.7. The Morgan fingerprint density at radius 2 is 2.21 bits per heavy atom. The van der Waals surface area contributed by atoms with E-state index >= 15 is 0 Å². The van der Waals surface area contributed by atoms with Crippen LogP contribution in [-0.4, -0.2) is 36.2 Å². The first-order valence-electron chi connectivity index (χ1n) is 6.79. The molecule has 19 heavy (non-hydrogen) atoms. The van der Waals surface area contributed by atoms with E-state index in [0.717, 1.165) is 23.4 Å².